The fourth-order valence-electron chi connectivity index (χ4n) is 3.65. The van der Waals surface area contributed by atoms with Crippen LogP contribution in [0.1, 0.15) is 33.6 Å². The number of ether oxygens (including phenoxy) is 2. The Morgan fingerprint density at radius 3 is 2.57 bits per heavy atom. The van der Waals surface area contributed by atoms with Gasteiger partial charge in [-0.05, 0) is 43.7 Å². The minimum Gasteiger partial charge on any atom is -0.490 e. The van der Waals surface area contributed by atoms with Crippen molar-refractivity contribution in [3.63, 3.8) is 0 Å². The van der Waals surface area contributed by atoms with Gasteiger partial charge in [-0.1, -0.05) is 29.8 Å². The van der Waals surface area contributed by atoms with E-state index in [2.05, 4.69) is 29.7 Å². The average molecular weight is 376 g/mol. The number of aromatic nitrogens is 1. The van der Waals surface area contributed by atoms with Gasteiger partial charge in [0.05, 0.1) is 18.8 Å². The number of fused-ring (bicyclic) bond motifs is 1. The maximum Gasteiger partial charge on any atom is 0.250 e. The van der Waals surface area contributed by atoms with Gasteiger partial charge in [-0.3, -0.25) is 4.79 Å². The zero-order valence-corrected chi connectivity index (χ0v) is 16.2. The number of carbonyl (C=O) groups is 1. The lowest BCUT2D eigenvalue weighted by Crippen LogP contribution is -2.12. The van der Waals surface area contributed by atoms with Crippen molar-refractivity contribution in [2.45, 2.75) is 26.8 Å². The van der Waals surface area contributed by atoms with Gasteiger partial charge in [0, 0.05) is 29.9 Å². The maximum atomic E-state index is 12.0. The predicted octanol–water partition coefficient (Wildman–Crippen LogP) is 4.08. The van der Waals surface area contributed by atoms with Crippen LogP contribution >= 0.6 is 0 Å². The summed E-state index contributed by atoms with van der Waals surface area (Å²) in [5.74, 6) is 1.07. The van der Waals surface area contributed by atoms with Crippen molar-refractivity contribution in [1.29, 1.82) is 0 Å². The maximum absolute atomic E-state index is 12.0. The number of benzene rings is 2. The Bertz CT molecular complexity index is 1040. The molecule has 5 heteroatoms. The van der Waals surface area contributed by atoms with Crippen molar-refractivity contribution in [2.24, 2.45) is 5.73 Å². The molecule has 0 unspecified atom stereocenters. The van der Waals surface area contributed by atoms with Crippen LogP contribution in [0.2, 0.25) is 0 Å². The Morgan fingerprint density at radius 2 is 1.82 bits per heavy atom. The summed E-state index contributed by atoms with van der Waals surface area (Å²) in [4.78, 5) is 12.0. The van der Waals surface area contributed by atoms with Gasteiger partial charge in [-0.25, -0.2) is 0 Å². The number of nitrogens with zero attached hydrogens (tertiary/aromatic N) is 1. The Morgan fingerprint density at radius 1 is 1.04 bits per heavy atom. The third-order valence-corrected chi connectivity index (χ3v) is 5.10. The molecule has 144 valence electrons. The van der Waals surface area contributed by atoms with Crippen molar-refractivity contribution in [3.05, 3.63) is 70.9 Å². The topological polar surface area (TPSA) is 66.5 Å². The molecule has 0 bridgehead atoms. The Balaban J connectivity index is 1.81. The fraction of sp³-hybridized carbons (Fsp3) is 0.261. The number of amides is 1. The largest absolute Gasteiger partial charge is 0.490 e. The number of hydrogen-bond acceptors (Lipinski definition) is 3. The second kappa shape index (κ2) is 7.43. The molecule has 0 spiro atoms. The summed E-state index contributed by atoms with van der Waals surface area (Å²) in [5, 5.41) is 0. The standard InChI is InChI=1S/C23H24N2O3/c1-15-5-3-6-17(11-15)14-25-16(2)19(23(24)26)13-20(25)18-7-8-21-22(12-18)28-10-4-9-27-21/h3,5-8,11-13H,4,9-10,14H2,1-2H3,(H2,24,26). The summed E-state index contributed by atoms with van der Waals surface area (Å²) < 4.78 is 13.7. The molecule has 1 aromatic heterocycles. The summed E-state index contributed by atoms with van der Waals surface area (Å²) in [6, 6.07) is 16.1. The molecule has 0 radical (unpaired) electrons. The van der Waals surface area contributed by atoms with E-state index in [-0.39, 0.29) is 0 Å². The van der Waals surface area contributed by atoms with Crippen LogP contribution in [-0.4, -0.2) is 23.7 Å². The molecule has 0 saturated carbocycles. The number of rotatable bonds is 4. The zero-order chi connectivity index (χ0) is 19.7. The Kier molecular flexibility index (Phi) is 4.82. The van der Waals surface area contributed by atoms with Crippen LogP contribution in [0.15, 0.2) is 48.5 Å². The van der Waals surface area contributed by atoms with Gasteiger partial charge >= 0.3 is 0 Å². The molecule has 1 aliphatic heterocycles. The van der Waals surface area contributed by atoms with E-state index < -0.39 is 5.91 Å². The third kappa shape index (κ3) is 3.48. The van der Waals surface area contributed by atoms with E-state index in [1.807, 2.05) is 37.3 Å². The average Bonchev–Trinajstić information content (AvgIpc) is 2.85. The van der Waals surface area contributed by atoms with Crippen LogP contribution < -0.4 is 15.2 Å². The van der Waals surface area contributed by atoms with Crippen LogP contribution in [0.4, 0.5) is 0 Å². The summed E-state index contributed by atoms with van der Waals surface area (Å²) in [5.41, 5.74) is 11.3. The molecule has 3 aromatic rings. The molecule has 2 aromatic carbocycles. The first-order valence-electron chi connectivity index (χ1n) is 9.48. The number of nitrogens with two attached hydrogens (primary N) is 1. The molecule has 1 amide bonds. The second-order valence-corrected chi connectivity index (χ2v) is 7.18. The monoisotopic (exact) mass is 376 g/mol. The molecule has 0 saturated heterocycles. The highest BCUT2D eigenvalue weighted by atomic mass is 16.5. The highest BCUT2D eigenvalue weighted by molar-refractivity contribution is 5.95. The van der Waals surface area contributed by atoms with E-state index in [1.165, 1.54) is 11.1 Å². The van der Waals surface area contributed by atoms with Crippen LogP contribution in [0, 0.1) is 13.8 Å². The van der Waals surface area contributed by atoms with Crippen molar-refractivity contribution < 1.29 is 14.3 Å². The lowest BCUT2D eigenvalue weighted by Gasteiger charge is -2.14. The van der Waals surface area contributed by atoms with Crippen LogP contribution in [0.25, 0.3) is 11.3 Å². The van der Waals surface area contributed by atoms with Gasteiger partial charge in [0.15, 0.2) is 11.5 Å². The molecular weight excluding hydrogens is 352 g/mol. The van der Waals surface area contributed by atoms with Crippen LogP contribution in [-0.2, 0) is 6.54 Å². The Labute approximate surface area is 164 Å². The smallest absolute Gasteiger partial charge is 0.250 e. The van der Waals surface area contributed by atoms with E-state index in [9.17, 15) is 4.79 Å². The lowest BCUT2D eigenvalue weighted by atomic mass is 10.1. The highest BCUT2D eigenvalue weighted by Gasteiger charge is 2.19. The normalized spacial score (nSPS) is 13.2. The minimum atomic E-state index is -0.420. The van der Waals surface area contributed by atoms with Crippen molar-refractivity contribution >= 4 is 5.91 Å². The second-order valence-electron chi connectivity index (χ2n) is 7.18. The molecule has 0 atom stereocenters. The third-order valence-electron chi connectivity index (χ3n) is 5.10. The van der Waals surface area contributed by atoms with Gasteiger partial charge in [0.2, 0.25) is 0 Å². The molecule has 2 N–H and O–H groups in total. The van der Waals surface area contributed by atoms with Gasteiger partial charge < -0.3 is 19.8 Å². The van der Waals surface area contributed by atoms with E-state index in [1.54, 1.807) is 0 Å². The molecular formula is C23H24N2O3. The van der Waals surface area contributed by atoms with Gasteiger partial charge in [-0.2, -0.15) is 0 Å². The first kappa shape index (κ1) is 18.2. The number of primary amides is 1. The first-order valence-corrected chi connectivity index (χ1v) is 9.48. The quantitative estimate of drug-likeness (QED) is 0.746. The van der Waals surface area contributed by atoms with E-state index in [0.29, 0.717) is 25.3 Å². The molecule has 28 heavy (non-hydrogen) atoms. The summed E-state index contributed by atoms with van der Waals surface area (Å²) >= 11 is 0. The predicted molar refractivity (Wildman–Crippen MR) is 109 cm³/mol. The molecule has 0 aliphatic carbocycles. The van der Waals surface area contributed by atoms with Crippen LogP contribution in [0.3, 0.4) is 0 Å². The van der Waals surface area contributed by atoms with Crippen molar-refractivity contribution in [1.82, 2.24) is 4.57 Å². The minimum absolute atomic E-state index is 0.420. The lowest BCUT2D eigenvalue weighted by molar-refractivity contribution is 0.0999. The van der Waals surface area contributed by atoms with E-state index >= 15 is 0 Å². The molecule has 4 rings (SSSR count). The highest BCUT2D eigenvalue weighted by Crippen LogP contribution is 2.36. The van der Waals surface area contributed by atoms with Crippen LogP contribution in [0.5, 0.6) is 11.5 Å². The summed E-state index contributed by atoms with van der Waals surface area (Å²) in [6.45, 7) is 5.95. The molecule has 2 heterocycles. The molecule has 1 aliphatic rings. The van der Waals surface area contributed by atoms with E-state index in [4.69, 9.17) is 15.2 Å². The van der Waals surface area contributed by atoms with Crippen molar-refractivity contribution in [3.8, 4) is 22.8 Å². The van der Waals surface area contributed by atoms with Gasteiger partial charge in [0.25, 0.3) is 5.91 Å². The molecule has 5 nitrogen and oxygen atoms in total. The molecule has 0 fully saturated rings. The van der Waals surface area contributed by atoms with Gasteiger partial charge in [-0.15, -0.1) is 0 Å². The first-order chi connectivity index (χ1) is 13.5. The van der Waals surface area contributed by atoms with E-state index in [0.717, 1.165) is 34.9 Å². The zero-order valence-electron chi connectivity index (χ0n) is 16.2. The summed E-state index contributed by atoms with van der Waals surface area (Å²) in [6.07, 6.45) is 0.860. The fourth-order valence-corrected chi connectivity index (χ4v) is 3.65. The van der Waals surface area contributed by atoms with Crippen molar-refractivity contribution in [2.75, 3.05) is 13.2 Å². The Hall–Kier alpha value is -3.21. The number of hydrogen-bond donors (Lipinski definition) is 1. The summed E-state index contributed by atoms with van der Waals surface area (Å²) in [7, 11) is 0. The van der Waals surface area contributed by atoms with Gasteiger partial charge in [0.1, 0.15) is 0 Å². The number of carbonyl (C=O) groups excluding carboxylic acids is 1. The SMILES string of the molecule is Cc1cccc(Cn2c(-c3ccc4c(c3)OCCCO4)cc(C(N)=O)c2C)c1. The number of aryl methyl sites for hydroxylation is 1.